The van der Waals surface area contributed by atoms with Crippen molar-refractivity contribution in [3.8, 4) is 0 Å². The Morgan fingerprint density at radius 1 is 1.55 bits per heavy atom. The van der Waals surface area contributed by atoms with Gasteiger partial charge in [-0.2, -0.15) is 0 Å². The van der Waals surface area contributed by atoms with E-state index in [2.05, 4.69) is 22.4 Å². The third-order valence-electron chi connectivity index (χ3n) is 1.60. The van der Waals surface area contributed by atoms with Gasteiger partial charge in [-0.05, 0) is 13.5 Å². The van der Waals surface area contributed by atoms with Crippen molar-refractivity contribution in [2.75, 3.05) is 7.05 Å². The fourth-order valence-electron chi connectivity index (χ4n) is 0.955. The minimum Gasteiger partial charge on any atom is -0.424 e. The lowest BCUT2D eigenvalue weighted by Gasteiger charge is -2.06. The first kappa shape index (κ1) is 8.20. The Hall–Kier alpha value is -0.900. The van der Waals surface area contributed by atoms with Crippen LogP contribution in [0.5, 0.6) is 0 Å². The smallest absolute Gasteiger partial charge is 0.233 e. The molecule has 1 N–H and O–H groups in total. The second kappa shape index (κ2) is 3.48. The Morgan fingerprint density at radius 2 is 2.27 bits per heavy atom. The van der Waals surface area contributed by atoms with Crippen molar-refractivity contribution in [2.45, 2.75) is 26.3 Å². The molecule has 4 nitrogen and oxygen atoms in total. The molecule has 1 unspecified atom stereocenters. The minimum absolute atomic E-state index is 0.191. The van der Waals surface area contributed by atoms with E-state index in [1.165, 1.54) is 0 Å². The molecule has 0 fully saturated rings. The SMILES string of the molecule is CCC(NC)c1nnc(C)o1. The van der Waals surface area contributed by atoms with Gasteiger partial charge in [-0.1, -0.05) is 6.92 Å². The first-order valence-electron chi connectivity index (χ1n) is 3.75. The highest BCUT2D eigenvalue weighted by atomic mass is 16.4. The number of aryl methyl sites for hydroxylation is 1. The molecular formula is C7H13N3O. The second-order valence-electron chi connectivity index (χ2n) is 2.41. The van der Waals surface area contributed by atoms with Crippen LogP contribution in [-0.4, -0.2) is 17.2 Å². The number of rotatable bonds is 3. The standard InChI is InChI=1S/C7H13N3O/c1-4-6(8-3)7-10-9-5(2)11-7/h6,8H,4H2,1-3H3. The van der Waals surface area contributed by atoms with E-state index in [-0.39, 0.29) is 6.04 Å². The number of nitrogens with one attached hydrogen (secondary N) is 1. The summed E-state index contributed by atoms with van der Waals surface area (Å²) in [6.45, 7) is 3.86. The zero-order chi connectivity index (χ0) is 8.27. The molecule has 0 aliphatic rings. The molecule has 0 saturated heterocycles. The normalized spacial score (nSPS) is 13.4. The molecule has 1 aromatic rings. The third kappa shape index (κ3) is 1.77. The van der Waals surface area contributed by atoms with E-state index in [1.54, 1.807) is 6.92 Å². The van der Waals surface area contributed by atoms with Crippen molar-refractivity contribution in [3.05, 3.63) is 11.8 Å². The van der Waals surface area contributed by atoms with E-state index in [4.69, 9.17) is 4.42 Å². The topological polar surface area (TPSA) is 51.0 Å². The summed E-state index contributed by atoms with van der Waals surface area (Å²) in [4.78, 5) is 0. The molecule has 1 rings (SSSR count). The van der Waals surface area contributed by atoms with Crippen LogP contribution in [0.4, 0.5) is 0 Å². The Morgan fingerprint density at radius 3 is 2.64 bits per heavy atom. The summed E-state index contributed by atoms with van der Waals surface area (Å²) in [5, 5.41) is 10.7. The van der Waals surface area contributed by atoms with Crippen LogP contribution >= 0.6 is 0 Å². The molecule has 0 aromatic carbocycles. The molecule has 0 aliphatic heterocycles. The summed E-state index contributed by atoms with van der Waals surface area (Å²) in [6, 6.07) is 0.191. The van der Waals surface area contributed by atoms with Gasteiger partial charge in [-0.3, -0.25) is 0 Å². The van der Waals surface area contributed by atoms with Gasteiger partial charge in [0, 0.05) is 6.92 Å². The van der Waals surface area contributed by atoms with Crippen LogP contribution in [0, 0.1) is 6.92 Å². The Kier molecular flexibility index (Phi) is 2.59. The lowest BCUT2D eigenvalue weighted by Crippen LogP contribution is -2.15. The number of aromatic nitrogens is 2. The maximum Gasteiger partial charge on any atom is 0.233 e. The van der Waals surface area contributed by atoms with E-state index >= 15 is 0 Å². The third-order valence-corrected chi connectivity index (χ3v) is 1.60. The van der Waals surface area contributed by atoms with Crippen LogP contribution in [-0.2, 0) is 0 Å². The molecule has 1 atom stereocenters. The molecule has 11 heavy (non-hydrogen) atoms. The molecule has 0 spiro atoms. The van der Waals surface area contributed by atoms with E-state index in [1.807, 2.05) is 7.05 Å². The van der Waals surface area contributed by atoms with Gasteiger partial charge in [0.05, 0.1) is 6.04 Å². The summed E-state index contributed by atoms with van der Waals surface area (Å²) in [5.74, 6) is 1.29. The van der Waals surface area contributed by atoms with Crippen molar-refractivity contribution in [3.63, 3.8) is 0 Å². The summed E-state index contributed by atoms with van der Waals surface area (Å²) >= 11 is 0. The summed E-state index contributed by atoms with van der Waals surface area (Å²) in [7, 11) is 1.88. The van der Waals surface area contributed by atoms with Gasteiger partial charge in [0.15, 0.2) is 0 Å². The quantitative estimate of drug-likeness (QED) is 0.708. The van der Waals surface area contributed by atoms with Gasteiger partial charge in [-0.15, -0.1) is 10.2 Å². The van der Waals surface area contributed by atoms with Crippen molar-refractivity contribution in [1.82, 2.24) is 15.5 Å². The lowest BCUT2D eigenvalue weighted by atomic mass is 10.2. The van der Waals surface area contributed by atoms with Gasteiger partial charge in [-0.25, -0.2) is 0 Å². The van der Waals surface area contributed by atoms with Gasteiger partial charge >= 0.3 is 0 Å². The van der Waals surface area contributed by atoms with Crippen LogP contribution in [0.2, 0.25) is 0 Å². The average molecular weight is 155 g/mol. The largest absolute Gasteiger partial charge is 0.424 e. The highest BCUT2D eigenvalue weighted by Gasteiger charge is 2.12. The van der Waals surface area contributed by atoms with Crippen molar-refractivity contribution < 1.29 is 4.42 Å². The highest BCUT2D eigenvalue weighted by Crippen LogP contribution is 2.13. The minimum atomic E-state index is 0.191. The van der Waals surface area contributed by atoms with E-state index in [0.717, 1.165) is 6.42 Å². The van der Waals surface area contributed by atoms with Crippen LogP contribution in [0.25, 0.3) is 0 Å². The van der Waals surface area contributed by atoms with E-state index in [0.29, 0.717) is 11.8 Å². The summed E-state index contributed by atoms with van der Waals surface area (Å²) in [5.41, 5.74) is 0. The molecule has 0 aliphatic carbocycles. The van der Waals surface area contributed by atoms with Gasteiger partial charge in [0.25, 0.3) is 0 Å². The van der Waals surface area contributed by atoms with Crippen molar-refractivity contribution in [2.24, 2.45) is 0 Å². The Bertz CT molecular complexity index is 217. The summed E-state index contributed by atoms with van der Waals surface area (Å²) in [6.07, 6.45) is 0.956. The summed E-state index contributed by atoms with van der Waals surface area (Å²) < 4.78 is 5.24. The highest BCUT2D eigenvalue weighted by molar-refractivity contribution is 4.87. The zero-order valence-electron chi connectivity index (χ0n) is 7.09. The number of nitrogens with zero attached hydrogens (tertiary/aromatic N) is 2. The Labute approximate surface area is 66.0 Å². The lowest BCUT2D eigenvalue weighted by molar-refractivity contribution is 0.395. The molecule has 1 aromatic heterocycles. The molecular weight excluding hydrogens is 142 g/mol. The predicted octanol–water partition coefficient (Wildman–Crippen LogP) is 1.05. The zero-order valence-corrected chi connectivity index (χ0v) is 7.09. The molecule has 0 amide bonds. The second-order valence-corrected chi connectivity index (χ2v) is 2.41. The van der Waals surface area contributed by atoms with Crippen molar-refractivity contribution >= 4 is 0 Å². The van der Waals surface area contributed by atoms with Gasteiger partial charge in [0.1, 0.15) is 0 Å². The Balaban J connectivity index is 2.73. The van der Waals surface area contributed by atoms with Gasteiger partial charge in [0.2, 0.25) is 11.8 Å². The molecule has 0 bridgehead atoms. The number of hydrogen-bond acceptors (Lipinski definition) is 4. The van der Waals surface area contributed by atoms with Crippen LogP contribution in [0.15, 0.2) is 4.42 Å². The monoisotopic (exact) mass is 155 g/mol. The van der Waals surface area contributed by atoms with Crippen LogP contribution in [0.1, 0.15) is 31.2 Å². The van der Waals surface area contributed by atoms with Crippen molar-refractivity contribution in [1.29, 1.82) is 0 Å². The van der Waals surface area contributed by atoms with E-state index in [9.17, 15) is 0 Å². The molecule has 62 valence electrons. The number of hydrogen-bond donors (Lipinski definition) is 1. The van der Waals surface area contributed by atoms with E-state index < -0.39 is 0 Å². The predicted molar refractivity (Wildman–Crippen MR) is 41.1 cm³/mol. The molecule has 4 heteroatoms. The molecule has 0 radical (unpaired) electrons. The fourth-order valence-corrected chi connectivity index (χ4v) is 0.955. The van der Waals surface area contributed by atoms with Gasteiger partial charge < -0.3 is 9.73 Å². The fraction of sp³-hybridized carbons (Fsp3) is 0.714. The molecule has 1 heterocycles. The first-order chi connectivity index (χ1) is 5.27. The maximum absolute atomic E-state index is 5.24. The molecule has 0 saturated carbocycles. The maximum atomic E-state index is 5.24. The average Bonchev–Trinajstić information content (AvgIpc) is 2.39. The van der Waals surface area contributed by atoms with Crippen LogP contribution in [0.3, 0.4) is 0 Å². The first-order valence-corrected chi connectivity index (χ1v) is 3.75. The van der Waals surface area contributed by atoms with Crippen LogP contribution < -0.4 is 5.32 Å².